The van der Waals surface area contributed by atoms with E-state index in [0.29, 0.717) is 11.3 Å². The van der Waals surface area contributed by atoms with Crippen molar-refractivity contribution in [3.05, 3.63) is 75.1 Å². The van der Waals surface area contributed by atoms with Crippen LogP contribution in [0.4, 0.5) is 0 Å². The van der Waals surface area contributed by atoms with Gasteiger partial charge in [-0.05, 0) is 39.0 Å². The summed E-state index contributed by atoms with van der Waals surface area (Å²) < 4.78 is 31.3. The molecule has 2 N–H and O–H groups in total. The van der Waals surface area contributed by atoms with E-state index in [2.05, 4.69) is 10.1 Å². The third kappa shape index (κ3) is 7.36. The van der Waals surface area contributed by atoms with Crippen molar-refractivity contribution in [2.45, 2.75) is 53.0 Å². The van der Waals surface area contributed by atoms with E-state index in [0.717, 1.165) is 0 Å². The molecule has 3 rings (SSSR count). The lowest BCUT2D eigenvalue weighted by molar-refractivity contribution is -0.118. The Bertz CT molecular complexity index is 1130. The summed E-state index contributed by atoms with van der Waals surface area (Å²) in [5.41, 5.74) is -0.714. The summed E-state index contributed by atoms with van der Waals surface area (Å²) in [5.74, 6) is 0.0792. The third-order valence-electron chi connectivity index (χ3n) is 4.56. The second kappa shape index (κ2) is 11.9. The lowest BCUT2D eigenvalue weighted by atomic mass is 10.3. The van der Waals surface area contributed by atoms with Gasteiger partial charge in [-0.2, -0.15) is 0 Å². The van der Waals surface area contributed by atoms with Gasteiger partial charge in [0.15, 0.2) is 6.23 Å². The number of aryl methyl sites for hydroxylation is 1. The highest BCUT2D eigenvalue weighted by molar-refractivity contribution is 7.52. The molecule has 1 aromatic heterocycles. The highest BCUT2D eigenvalue weighted by Crippen LogP contribution is 2.45. The third-order valence-corrected chi connectivity index (χ3v) is 6.21. The molecule has 180 valence electrons. The molecule has 33 heavy (non-hydrogen) atoms. The Morgan fingerprint density at radius 3 is 2.55 bits per heavy atom. The average molecular weight is 479 g/mol. The molecule has 0 bridgehead atoms. The Morgan fingerprint density at radius 1 is 1.24 bits per heavy atom. The van der Waals surface area contributed by atoms with Crippen molar-refractivity contribution in [3.63, 3.8) is 0 Å². The SMILES string of the molecule is CC.CC(=O)C(C)NP(=O)(OCC1C=C[C@H](n2cc(C)c(=O)[nH]c2=O)O1)Oc1ccccc1. The van der Waals surface area contributed by atoms with Crippen molar-refractivity contribution >= 4 is 13.5 Å². The Morgan fingerprint density at radius 2 is 1.91 bits per heavy atom. The Labute approximate surface area is 192 Å². The van der Waals surface area contributed by atoms with Crippen molar-refractivity contribution in [1.29, 1.82) is 0 Å². The van der Waals surface area contributed by atoms with Crippen LogP contribution in [-0.4, -0.2) is 34.1 Å². The largest absolute Gasteiger partial charge is 0.459 e. The van der Waals surface area contributed by atoms with Gasteiger partial charge >= 0.3 is 13.4 Å². The Balaban J connectivity index is 0.00000187. The molecule has 11 heteroatoms. The van der Waals surface area contributed by atoms with E-state index < -0.39 is 37.4 Å². The van der Waals surface area contributed by atoms with Gasteiger partial charge < -0.3 is 9.26 Å². The topological polar surface area (TPSA) is 129 Å². The summed E-state index contributed by atoms with van der Waals surface area (Å²) in [6.07, 6.45) is 3.29. The smallest absolute Gasteiger partial charge is 0.413 e. The summed E-state index contributed by atoms with van der Waals surface area (Å²) in [6.45, 7) is 8.33. The molecule has 2 aromatic rings. The fourth-order valence-corrected chi connectivity index (χ4v) is 4.31. The molecule has 4 atom stereocenters. The molecular weight excluding hydrogens is 449 g/mol. The van der Waals surface area contributed by atoms with Crippen LogP contribution >= 0.6 is 7.75 Å². The van der Waals surface area contributed by atoms with Gasteiger partial charge in [-0.15, -0.1) is 0 Å². The molecular formula is C22H30N3O7P. The number of ketones is 1. The lowest BCUT2D eigenvalue weighted by Gasteiger charge is -2.24. The highest BCUT2D eigenvalue weighted by Gasteiger charge is 2.32. The van der Waals surface area contributed by atoms with Crippen LogP contribution in [0.1, 0.15) is 39.5 Å². The summed E-state index contributed by atoms with van der Waals surface area (Å²) >= 11 is 0. The zero-order valence-electron chi connectivity index (χ0n) is 19.3. The maximum absolute atomic E-state index is 13.3. The summed E-state index contributed by atoms with van der Waals surface area (Å²) in [7, 11) is -3.92. The fraction of sp³-hybridized carbons (Fsp3) is 0.409. The number of Topliss-reactive ketones (excluding diaryl/α,β-unsaturated/α-hetero) is 1. The number of H-pyrrole nitrogens is 1. The molecule has 1 aromatic carbocycles. The molecule has 0 amide bonds. The highest BCUT2D eigenvalue weighted by atomic mass is 31.2. The second-order valence-corrected chi connectivity index (χ2v) is 8.78. The number of aromatic nitrogens is 2. The minimum Gasteiger partial charge on any atom is -0.413 e. The zero-order valence-corrected chi connectivity index (χ0v) is 20.2. The Kier molecular flexibility index (Phi) is 9.55. The molecule has 0 fully saturated rings. The van der Waals surface area contributed by atoms with Crippen molar-refractivity contribution < 1.29 is 23.1 Å². The van der Waals surface area contributed by atoms with Gasteiger partial charge in [0.2, 0.25) is 0 Å². The number of para-hydroxylation sites is 1. The number of aromatic amines is 1. The van der Waals surface area contributed by atoms with Gasteiger partial charge in [0.25, 0.3) is 5.56 Å². The predicted octanol–water partition coefficient (Wildman–Crippen LogP) is 3.10. The quantitative estimate of drug-likeness (QED) is 0.415. The first-order valence-corrected chi connectivity index (χ1v) is 12.1. The van der Waals surface area contributed by atoms with Crippen LogP contribution in [0, 0.1) is 6.92 Å². The maximum atomic E-state index is 13.3. The van der Waals surface area contributed by atoms with E-state index >= 15 is 0 Å². The van der Waals surface area contributed by atoms with E-state index in [-0.39, 0.29) is 12.4 Å². The van der Waals surface area contributed by atoms with Crippen LogP contribution in [0.5, 0.6) is 5.75 Å². The van der Waals surface area contributed by atoms with Crippen LogP contribution in [0.15, 0.2) is 58.3 Å². The van der Waals surface area contributed by atoms with Crippen molar-refractivity contribution in [2.24, 2.45) is 0 Å². The molecule has 0 saturated carbocycles. The van der Waals surface area contributed by atoms with Crippen LogP contribution in [0.3, 0.4) is 0 Å². The number of nitrogens with one attached hydrogen (secondary N) is 2. The first-order chi connectivity index (χ1) is 15.7. The average Bonchev–Trinajstić information content (AvgIpc) is 3.26. The van der Waals surface area contributed by atoms with E-state index in [1.54, 1.807) is 56.3 Å². The first-order valence-electron chi connectivity index (χ1n) is 10.6. The molecule has 3 unspecified atom stereocenters. The van der Waals surface area contributed by atoms with Crippen LogP contribution in [0.2, 0.25) is 0 Å². The second-order valence-electron chi connectivity index (χ2n) is 7.09. The van der Waals surface area contributed by atoms with Crippen LogP contribution in [0.25, 0.3) is 0 Å². The van der Waals surface area contributed by atoms with Gasteiger partial charge in [0.05, 0.1) is 12.6 Å². The predicted molar refractivity (Wildman–Crippen MR) is 124 cm³/mol. The first kappa shape index (κ1) is 26.5. The van der Waals surface area contributed by atoms with E-state index in [4.69, 9.17) is 13.8 Å². The van der Waals surface area contributed by atoms with Crippen molar-refractivity contribution in [2.75, 3.05) is 6.61 Å². The number of carbonyl (C=O) groups is 1. The summed E-state index contributed by atoms with van der Waals surface area (Å²) in [5, 5.41) is 2.62. The molecule has 2 heterocycles. The minimum absolute atomic E-state index is 0.161. The minimum atomic E-state index is -3.92. The lowest BCUT2D eigenvalue weighted by Crippen LogP contribution is -2.34. The Hall–Kier alpha value is -2.78. The molecule has 0 radical (unpaired) electrons. The van der Waals surface area contributed by atoms with Gasteiger partial charge in [0.1, 0.15) is 17.6 Å². The number of benzene rings is 1. The molecule has 1 aliphatic rings. The monoisotopic (exact) mass is 479 g/mol. The number of nitrogens with zero attached hydrogens (tertiary/aromatic N) is 1. The van der Waals surface area contributed by atoms with Gasteiger partial charge in [-0.25, -0.2) is 14.4 Å². The molecule has 0 spiro atoms. The van der Waals surface area contributed by atoms with Crippen LogP contribution < -0.4 is 20.9 Å². The van der Waals surface area contributed by atoms with E-state index in [1.165, 1.54) is 17.7 Å². The number of hydrogen-bond acceptors (Lipinski definition) is 7. The molecule has 0 aliphatic carbocycles. The standard InChI is InChI=1S/C20H24N3O7P.C2H6/c1-13-11-23(20(26)21-19(13)25)18-10-9-17(29-18)12-28-31(27,22-14(2)15(3)24)30-16-7-5-4-6-8-16;1-2/h4-11,14,17-18H,12H2,1-3H3,(H,22,27)(H,21,25,26);1-2H3/t14?,17?,18-,31?;/m1./s1. The van der Waals surface area contributed by atoms with Gasteiger partial charge in [-0.3, -0.25) is 23.7 Å². The zero-order chi connectivity index (χ0) is 24.6. The summed E-state index contributed by atoms with van der Waals surface area (Å²) in [4.78, 5) is 37.4. The maximum Gasteiger partial charge on any atom is 0.459 e. The number of ether oxygens (including phenoxy) is 1. The molecule has 10 nitrogen and oxygen atoms in total. The van der Waals surface area contributed by atoms with Gasteiger partial charge in [0, 0.05) is 11.8 Å². The van der Waals surface area contributed by atoms with Crippen molar-refractivity contribution in [1.82, 2.24) is 14.6 Å². The van der Waals surface area contributed by atoms with Crippen molar-refractivity contribution in [3.8, 4) is 5.75 Å². The normalized spacial score (nSPS) is 19.8. The van der Waals surface area contributed by atoms with E-state index in [1.807, 2.05) is 13.8 Å². The fourth-order valence-electron chi connectivity index (χ4n) is 2.73. The number of hydrogen-bond donors (Lipinski definition) is 2. The number of carbonyl (C=O) groups excluding carboxylic acids is 1. The van der Waals surface area contributed by atoms with Gasteiger partial charge in [-0.1, -0.05) is 38.1 Å². The van der Waals surface area contributed by atoms with E-state index in [9.17, 15) is 18.9 Å². The van der Waals surface area contributed by atoms with Crippen LogP contribution in [-0.2, 0) is 18.6 Å². The molecule has 0 saturated heterocycles. The summed E-state index contributed by atoms with van der Waals surface area (Å²) in [6, 6.07) is 7.68. The number of rotatable bonds is 9. The molecule has 1 aliphatic heterocycles.